The van der Waals surface area contributed by atoms with E-state index in [9.17, 15) is 0 Å². The first kappa shape index (κ1) is 11.6. The van der Waals surface area contributed by atoms with E-state index in [1.807, 2.05) is 12.4 Å². The minimum atomic E-state index is 1.05. The molecule has 1 fully saturated rings. The van der Waals surface area contributed by atoms with Gasteiger partial charge in [0.1, 0.15) is 0 Å². The fourth-order valence-electron chi connectivity index (χ4n) is 2.23. The first-order chi connectivity index (χ1) is 7.78. The lowest BCUT2D eigenvalue weighted by Gasteiger charge is -2.33. The van der Waals surface area contributed by atoms with Crippen LogP contribution in [0.1, 0.15) is 18.1 Å². The third-order valence-corrected chi connectivity index (χ3v) is 3.25. The summed E-state index contributed by atoms with van der Waals surface area (Å²) in [7, 11) is 0. The monoisotopic (exact) mass is 219 g/mol. The number of pyridine rings is 1. The number of aryl methyl sites for hydroxylation is 1. The maximum atomic E-state index is 4.24. The van der Waals surface area contributed by atoms with Crippen molar-refractivity contribution in [1.82, 2.24) is 14.8 Å². The van der Waals surface area contributed by atoms with E-state index in [1.165, 1.54) is 43.9 Å². The van der Waals surface area contributed by atoms with Crippen molar-refractivity contribution in [2.75, 3.05) is 32.7 Å². The number of hydrogen-bond acceptors (Lipinski definition) is 3. The van der Waals surface area contributed by atoms with Crippen molar-refractivity contribution in [1.29, 1.82) is 0 Å². The molecule has 0 aliphatic carbocycles. The van der Waals surface area contributed by atoms with Gasteiger partial charge in [-0.3, -0.25) is 9.88 Å². The second kappa shape index (κ2) is 5.41. The molecule has 0 radical (unpaired) electrons. The summed E-state index contributed by atoms with van der Waals surface area (Å²) < 4.78 is 0. The highest BCUT2D eigenvalue weighted by Gasteiger charge is 2.15. The van der Waals surface area contributed by atoms with Crippen LogP contribution in [0.5, 0.6) is 0 Å². The number of rotatable bonds is 3. The average molecular weight is 219 g/mol. The Bertz CT molecular complexity index is 330. The van der Waals surface area contributed by atoms with E-state index in [1.54, 1.807) is 0 Å². The molecule has 1 aliphatic rings. The molecule has 2 rings (SSSR count). The largest absolute Gasteiger partial charge is 0.301 e. The van der Waals surface area contributed by atoms with Crippen molar-refractivity contribution in [2.24, 2.45) is 0 Å². The minimum absolute atomic E-state index is 1.05. The molecule has 0 aromatic carbocycles. The first-order valence-corrected chi connectivity index (χ1v) is 6.13. The van der Waals surface area contributed by atoms with Crippen LogP contribution in [0.15, 0.2) is 18.5 Å². The van der Waals surface area contributed by atoms with E-state index >= 15 is 0 Å². The minimum Gasteiger partial charge on any atom is -0.301 e. The van der Waals surface area contributed by atoms with E-state index in [2.05, 4.69) is 34.7 Å². The SMILES string of the molecule is CCN1CCN(Cc2cncc(C)c2)CC1. The molecule has 0 atom stereocenters. The molecule has 3 heteroatoms. The fraction of sp³-hybridized carbons (Fsp3) is 0.615. The summed E-state index contributed by atoms with van der Waals surface area (Å²) >= 11 is 0. The van der Waals surface area contributed by atoms with Crippen LogP contribution in [0.4, 0.5) is 0 Å². The van der Waals surface area contributed by atoms with Crippen molar-refractivity contribution < 1.29 is 0 Å². The summed E-state index contributed by atoms with van der Waals surface area (Å²) in [5, 5.41) is 0. The summed E-state index contributed by atoms with van der Waals surface area (Å²) in [6, 6.07) is 2.24. The van der Waals surface area contributed by atoms with Gasteiger partial charge in [-0.2, -0.15) is 0 Å². The molecular formula is C13H21N3. The molecule has 0 saturated carbocycles. The third-order valence-electron chi connectivity index (χ3n) is 3.25. The van der Waals surface area contributed by atoms with Crippen molar-refractivity contribution in [3.8, 4) is 0 Å². The smallest absolute Gasteiger partial charge is 0.0313 e. The van der Waals surface area contributed by atoms with Gasteiger partial charge in [0, 0.05) is 45.1 Å². The standard InChI is InChI=1S/C13H21N3/c1-3-15-4-6-16(7-5-15)11-13-8-12(2)9-14-10-13/h8-10H,3-7,11H2,1-2H3. The van der Waals surface area contributed by atoms with Gasteiger partial charge in [0.25, 0.3) is 0 Å². The number of hydrogen-bond donors (Lipinski definition) is 0. The summed E-state index contributed by atoms with van der Waals surface area (Å²) in [5.74, 6) is 0. The van der Waals surface area contributed by atoms with Gasteiger partial charge in [-0.1, -0.05) is 13.0 Å². The molecular weight excluding hydrogens is 198 g/mol. The molecule has 0 unspecified atom stereocenters. The number of piperazine rings is 1. The molecule has 1 aromatic heterocycles. The van der Waals surface area contributed by atoms with Crippen LogP contribution in [0.2, 0.25) is 0 Å². The highest BCUT2D eigenvalue weighted by molar-refractivity contribution is 5.16. The number of nitrogens with zero attached hydrogens (tertiary/aromatic N) is 3. The summed E-state index contributed by atoms with van der Waals surface area (Å²) in [4.78, 5) is 9.27. The van der Waals surface area contributed by atoms with Crippen molar-refractivity contribution >= 4 is 0 Å². The first-order valence-electron chi connectivity index (χ1n) is 6.13. The van der Waals surface area contributed by atoms with Crippen LogP contribution in [-0.4, -0.2) is 47.5 Å². The average Bonchev–Trinajstić information content (AvgIpc) is 2.30. The molecule has 1 aliphatic heterocycles. The summed E-state index contributed by atoms with van der Waals surface area (Å²) in [6.07, 6.45) is 3.90. The van der Waals surface area contributed by atoms with Gasteiger partial charge in [-0.15, -0.1) is 0 Å². The molecule has 0 bridgehead atoms. The molecule has 88 valence electrons. The van der Waals surface area contributed by atoms with E-state index in [-0.39, 0.29) is 0 Å². The molecule has 0 N–H and O–H groups in total. The van der Waals surface area contributed by atoms with E-state index in [4.69, 9.17) is 0 Å². The van der Waals surface area contributed by atoms with E-state index in [0.29, 0.717) is 0 Å². The van der Waals surface area contributed by atoms with Crippen LogP contribution >= 0.6 is 0 Å². The Hall–Kier alpha value is -0.930. The normalized spacial score (nSPS) is 18.9. The predicted molar refractivity (Wildman–Crippen MR) is 66.4 cm³/mol. The Morgan fingerprint density at radius 1 is 1.12 bits per heavy atom. The lowest BCUT2D eigenvalue weighted by molar-refractivity contribution is 0.132. The Morgan fingerprint density at radius 2 is 1.81 bits per heavy atom. The van der Waals surface area contributed by atoms with Gasteiger partial charge in [-0.05, 0) is 24.6 Å². The number of likely N-dealkylation sites (N-methyl/N-ethyl adjacent to an activating group) is 1. The molecule has 1 saturated heterocycles. The molecule has 2 heterocycles. The Morgan fingerprint density at radius 3 is 2.44 bits per heavy atom. The van der Waals surface area contributed by atoms with Crippen molar-refractivity contribution in [3.05, 3.63) is 29.6 Å². The maximum Gasteiger partial charge on any atom is 0.0313 e. The van der Waals surface area contributed by atoms with Crippen LogP contribution in [0.3, 0.4) is 0 Å². The lowest BCUT2D eigenvalue weighted by Crippen LogP contribution is -2.45. The molecule has 16 heavy (non-hydrogen) atoms. The van der Waals surface area contributed by atoms with Crippen LogP contribution in [0, 0.1) is 6.92 Å². The van der Waals surface area contributed by atoms with Gasteiger partial charge >= 0.3 is 0 Å². The molecule has 0 spiro atoms. The highest BCUT2D eigenvalue weighted by Crippen LogP contribution is 2.08. The Balaban J connectivity index is 1.87. The van der Waals surface area contributed by atoms with Crippen LogP contribution < -0.4 is 0 Å². The van der Waals surface area contributed by atoms with Gasteiger partial charge < -0.3 is 4.90 Å². The highest BCUT2D eigenvalue weighted by atomic mass is 15.3. The molecule has 3 nitrogen and oxygen atoms in total. The van der Waals surface area contributed by atoms with Gasteiger partial charge in [0.15, 0.2) is 0 Å². The topological polar surface area (TPSA) is 19.4 Å². The van der Waals surface area contributed by atoms with Gasteiger partial charge in [0.2, 0.25) is 0 Å². The second-order valence-corrected chi connectivity index (χ2v) is 4.58. The summed E-state index contributed by atoms with van der Waals surface area (Å²) in [5.41, 5.74) is 2.59. The fourth-order valence-corrected chi connectivity index (χ4v) is 2.23. The lowest BCUT2D eigenvalue weighted by atomic mass is 10.2. The summed E-state index contributed by atoms with van der Waals surface area (Å²) in [6.45, 7) is 11.3. The Kier molecular flexibility index (Phi) is 3.91. The van der Waals surface area contributed by atoms with E-state index in [0.717, 1.165) is 6.54 Å². The zero-order valence-corrected chi connectivity index (χ0v) is 10.3. The van der Waals surface area contributed by atoms with Crippen LogP contribution in [-0.2, 0) is 6.54 Å². The Labute approximate surface area is 98.1 Å². The number of aromatic nitrogens is 1. The van der Waals surface area contributed by atoms with Crippen molar-refractivity contribution in [3.63, 3.8) is 0 Å². The van der Waals surface area contributed by atoms with Gasteiger partial charge in [0.05, 0.1) is 0 Å². The zero-order valence-electron chi connectivity index (χ0n) is 10.3. The third kappa shape index (κ3) is 3.03. The maximum absolute atomic E-state index is 4.24. The predicted octanol–water partition coefficient (Wildman–Crippen LogP) is 1.53. The zero-order chi connectivity index (χ0) is 11.4. The quantitative estimate of drug-likeness (QED) is 0.768. The molecule has 1 aromatic rings. The van der Waals surface area contributed by atoms with E-state index < -0.39 is 0 Å². The molecule has 0 amide bonds. The van der Waals surface area contributed by atoms with Gasteiger partial charge in [-0.25, -0.2) is 0 Å². The van der Waals surface area contributed by atoms with Crippen LogP contribution in [0.25, 0.3) is 0 Å². The second-order valence-electron chi connectivity index (χ2n) is 4.58. The van der Waals surface area contributed by atoms with Crippen molar-refractivity contribution in [2.45, 2.75) is 20.4 Å².